The number of aliphatic carboxylic acids is 1. The van der Waals surface area contributed by atoms with Crippen LogP contribution in [0.5, 0.6) is 0 Å². The highest BCUT2D eigenvalue weighted by molar-refractivity contribution is 5.78. The minimum atomic E-state index is -1.09. The minimum absolute atomic E-state index is 0.0653. The van der Waals surface area contributed by atoms with Crippen LogP contribution in [0.25, 0.3) is 0 Å². The fourth-order valence-electron chi connectivity index (χ4n) is 1.32. The topological polar surface area (TPSA) is 75.6 Å². The lowest BCUT2D eigenvalue weighted by atomic mass is 10.1. The van der Waals surface area contributed by atoms with Gasteiger partial charge in [-0.15, -0.1) is 0 Å². The number of benzene rings is 1. The van der Waals surface area contributed by atoms with Crippen molar-refractivity contribution in [1.29, 1.82) is 0 Å². The van der Waals surface area contributed by atoms with Crippen LogP contribution in [-0.4, -0.2) is 36.7 Å². The number of hydrogen-bond donors (Lipinski definition) is 2. The molecule has 0 aliphatic carbocycles. The lowest BCUT2D eigenvalue weighted by Crippen LogP contribution is -2.29. The Morgan fingerprint density at radius 1 is 1.26 bits per heavy atom. The van der Waals surface area contributed by atoms with Crippen molar-refractivity contribution in [3.05, 3.63) is 35.4 Å². The lowest BCUT2D eigenvalue weighted by molar-refractivity contribution is -0.142. The van der Waals surface area contributed by atoms with Crippen molar-refractivity contribution in [3.63, 3.8) is 0 Å². The number of rotatable bonds is 7. The molecule has 19 heavy (non-hydrogen) atoms. The first-order chi connectivity index (χ1) is 8.99. The fraction of sp³-hybridized carbons (Fsp3) is 0.333. The number of nitrogens with one attached hydrogen (secondary N) is 1. The Morgan fingerprint density at radius 3 is 2.63 bits per heavy atom. The maximum atomic E-state index is 12.9. The normalized spacial score (nSPS) is 10.2. The molecule has 0 aliphatic heterocycles. The third-order valence-electron chi connectivity index (χ3n) is 2.14. The smallest absolute Gasteiger partial charge is 0.329 e. The van der Waals surface area contributed by atoms with E-state index in [4.69, 9.17) is 9.84 Å². The Balaban J connectivity index is 2.27. The van der Waals surface area contributed by atoms with Gasteiger partial charge in [0.25, 0.3) is 0 Å². The van der Waals surface area contributed by atoms with E-state index in [-0.39, 0.29) is 25.5 Å². The van der Waals surface area contributed by atoms with Gasteiger partial charge in [-0.2, -0.15) is 0 Å². The second-order valence-electron chi connectivity index (χ2n) is 3.72. The van der Waals surface area contributed by atoms with Crippen LogP contribution in [0.15, 0.2) is 18.2 Å². The van der Waals surface area contributed by atoms with Gasteiger partial charge in [0.2, 0.25) is 5.91 Å². The molecule has 2 N–H and O–H groups in total. The zero-order chi connectivity index (χ0) is 14.3. The molecule has 0 fully saturated rings. The summed E-state index contributed by atoms with van der Waals surface area (Å²) in [4.78, 5) is 21.5. The van der Waals surface area contributed by atoms with E-state index in [1.165, 1.54) is 6.07 Å². The Morgan fingerprint density at radius 2 is 2.00 bits per heavy atom. The van der Waals surface area contributed by atoms with Crippen LogP contribution in [0.3, 0.4) is 0 Å². The molecule has 104 valence electrons. The number of hydrogen-bond acceptors (Lipinski definition) is 3. The molecule has 0 saturated heterocycles. The number of carboxylic acid groups (broad SMARTS) is 1. The van der Waals surface area contributed by atoms with Gasteiger partial charge in [-0.05, 0) is 17.7 Å². The molecule has 1 amide bonds. The summed E-state index contributed by atoms with van der Waals surface area (Å²) in [5, 5.41) is 10.8. The summed E-state index contributed by atoms with van der Waals surface area (Å²) in [6, 6.07) is 3.22. The second-order valence-corrected chi connectivity index (χ2v) is 3.72. The summed E-state index contributed by atoms with van der Waals surface area (Å²) in [7, 11) is 0. The number of carbonyl (C=O) groups excluding carboxylic acids is 1. The van der Waals surface area contributed by atoms with E-state index in [1.807, 2.05) is 0 Å². The SMILES string of the molecule is O=C(O)COCCNC(=O)Cc1ccc(F)c(F)c1. The molecule has 0 radical (unpaired) electrons. The Bertz CT molecular complexity index is 465. The first kappa shape index (κ1) is 15.0. The molecule has 0 aliphatic rings. The van der Waals surface area contributed by atoms with Crippen molar-refractivity contribution < 1.29 is 28.2 Å². The highest BCUT2D eigenvalue weighted by Crippen LogP contribution is 2.08. The molecule has 0 spiro atoms. The molecular formula is C12H13F2NO4. The van der Waals surface area contributed by atoms with Gasteiger partial charge in [-0.25, -0.2) is 13.6 Å². The van der Waals surface area contributed by atoms with Crippen molar-refractivity contribution in [2.75, 3.05) is 19.8 Å². The zero-order valence-electron chi connectivity index (χ0n) is 9.99. The van der Waals surface area contributed by atoms with Crippen LogP contribution in [0.2, 0.25) is 0 Å². The monoisotopic (exact) mass is 273 g/mol. The Hall–Kier alpha value is -2.02. The largest absolute Gasteiger partial charge is 0.480 e. The molecule has 1 aromatic rings. The highest BCUT2D eigenvalue weighted by atomic mass is 19.2. The third kappa shape index (κ3) is 5.91. The van der Waals surface area contributed by atoms with E-state index in [1.54, 1.807) is 0 Å². The summed E-state index contributed by atoms with van der Waals surface area (Å²) in [6.45, 7) is -0.218. The zero-order valence-corrected chi connectivity index (χ0v) is 9.99. The van der Waals surface area contributed by atoms with Crippen molar-refractivity contribution in [3.8, 4) is 0 Å². The average molecular weight is 273 g/mol. The van der Waals surface area contributed by atoms with Gasteiger partial charge in [0.1, 0.15) is 6.61 Å². The first-order valence-corrected chi connectivity index (χ1v) is 5.49. The van der Waals surface area contributed by atoms with Gasteiger partial charge in [0, 0.05) is 6.54 Å². The standard InChI is InChI=1S/C12H13F2NO4/c13-9-2-1-8(5-10(9)14)6-11(16)15-3-4-19-7-12(17)18/h1-2,5H,3-4,6-7H2,(H,15,16)(H,17,18). The number of amides is 1. The molecule has 0 saturated carbocycles. The van der Waals surface area contributed by atoms with Crippen molar-refractivity contribution in [2.24, 2.45) is 0 Å². The van der Waals surface area contributed by atoms with E-state index in [2.05, 4.69) is 5.32 Å². The molecular weight excluding hydrogens is 260 g/mol. The average Bonchev–Trinajstić information content (AvgIpc) is 2.33. The summed E-state index contributed by atoms with van der Waals surface area (Å²) in [6.07, 6.45) is -0.0872. The van der Waals surface area contributed by atoms with Crippen LogP contribution >= 0.6 is 0 Å². The molecule has 1 aromatic carbocycles. The van der Waals surface area contributed by atoms with Crippen LogP contribution < -0.4 is 5.32 Å². The van der Waals surface area contributed by atoms with Crippen LogP contribution in [0, 0.1) is 11.6 Å². The predicted octanol–water partition coefficient (Wildman–Crippen LogP) is 0.725. The number of carbonyl (C=O) groups is 2. The number of ether oxygens (including phenoxy) is 1. The number of carboxylic acids is 1. The quantitative estimate of drug-likeness (QED) is 0.718. The molecule has 0 heterocycles. The molecule has 0 unspecified atom stereocenters. The van der Waals surface area contributed by atoms with Crippen molar-refractivity contribution in [1.82, 2.24) is 5.32 Å². The predicted molar refractivity (Wildman–Crippen MR) is 61.5 cm³/mol. The van der Waals surface area contributed by atoms with Crippen LogP contribution in [0.4, 0.5) is 8.78 Å². The summed E-state index contributed by atoms with van der Waals surface area (Å²) >= 11 is 0. The second kappa shape index (κ2) is 7.42. The maximum absolute atomic E-state index is 12.9. The first-order valence-electron chi connectivity index (χ1n) is 5.49. The summed E-state index contributed by atoms with van der Waals surface area (Å²) < 4.78 is 30.2. The van der Waals surface area contributed by atoms with Gasteiger partial charge in [-0.1, -0.05) is 6.07 Å². The van der Waals surface area contributed by atoms with E-state index in [9.17, 15) is 18.4 Å². The van der Waals surface area contributed by atoms with E-state index < -0.39 is 24.2 Å². The molecule has 5 nitrogen and oxygen atoms in total. The van der Waals surface area contributed by atoms with Gasteiger partial charge in [0.15, 0.2) is 11.6 Å². The van der Waals surface area contributed by atoms with Gasteiger partial charge in [0.05, 0.1) is 13.0 Å². The molecule has 0 aromatic heterocycles. The molecule has 0 atom stereocenters. The van der Waals surface area contributed by atoms with Crippen LogP contribution in [-0.2, 0) is 20.7 Å². The fourth-order valence-corrected chi connectivity index (χ4v) is 1.32. The Kier molecular flexibility index (Phi) is 5.87. The summed E-state index contributed by atoms with van der Waals surface area (Å²) in [5.74, 6) is -3.45. The highest BCUT2D eigenvalue weighted by Gasteiger charge is 2.07. The summed E-state index contributed by atoms with van der Waals surface area (Å²) in [5.41, 5.74) is 0.350. The molecule has 7 heteroatoms. The van der Waals surface area contributed by atoms with Gasteiger partial charge < -0.3 is 15.2 Å². The minimum Gasteiger partial charge on any atom is -0.480 e. The number of halogens is 2. The van der Waals surface area contributed by atoms with Crippen molar-refractivity contribution in [2.45, 2.75) is 6.42 Å². The molecule has 0 bridgehead atoms. The maximum Gasteiger partial charge on any atom is 0.329 e. The Labute approximate surface area is 108 Å². The van der Waals surface area contributed by atoms with Gasteiger partial charge >= 0.3 is 5.97 Å². The van der Waals surface area contributed by atoms with E-state index in [0.717, 1.165) is 12.1 Å². The molecule has 1 rings (SSSR count). The van der Waals surface area contributed by atoms with Gasteiger partial charge in [-0.3, -0.25) is 4.79 Å². The third-order valence-corrected chi connectivity index (χ3v) is 2.14. The van der Waals surface area contributed by atoms with Crippen molar-refractivity contribution >= 4 is 11.9 Å². The lowest BCUT2D eigenvalue weighted by Gasteiger charge is -2.05. The van der Waals surface area contributed by atoms with E-state index >= 15 is 0 Å². The van der Waals surface area contributed by atoms with E-state index in [0.29, 0.717) is 5.56 Å². The van der Waals surface area contributed by atoms with Crippen LogP contribution in [0.1, 0.15) is 5.56 Å².